The highest BCUT2D eigenvalue weighted by molar-refractivity contribution is 7.80. The molecule has 1 atom stereocenters. The second-order valence-electron chi connectivity index (χ2n) is 5.91. The summed E-state index contributed by atoms with van der Waals surface area (Å²) in [6, 6.07) is 16.7. The molecule has 0 aliphatic carbocycles. The summed E-state index contributed by atoms with van der Waals surface area (Å²) in [6.07, 6.45) is 0. The lowest BCUT2D eigenvalue weighted by Gasteiger charge is -2.30. The molecule has 0 aromatic heterocycles. The summed E-state index contributed by atoms with van der Waals surface area (Å²) in [4.78, 5) is 12.8. The van der Waals surface area contributed by atoms with Gasteiger partial charge in [-0.05, 0) is 42.4 Å². The number of hydrogen-bond acceptors (Lipinski definition) is 4. The number of carbonyl (C=O) groups excluding carboxylic acids is 1. The van der Waals surface area contributed by atoms with E-state index in [1.165, 1.54) is 0 Å². The van der Waals surface area contributed by atoms with Crippen LogP contribution in [0.2, 0.25) is 0 Å². The van der Waals surface area contributed by atoms with E-state index in [0.717, 1.165) is 11.1 Å². The summed E-state index contributed by atoms with van der Waals surface area (Å²) in [5.74, 6) is 0.324. The van der Waals surface area contributed by atoms with Crippen LogP contribution in [0.15, 0.2) is 65.9 Å². The molecule has 0 fully saturated rings. The number of allylic oxidation sites excluding steroid dienone is 1. The molecule has 1 aliphatic rings. The van der Waals surface area contributed by atoms with Gasteiger partial charge in [0.25, 0.3) is 0 Å². The van der Waals surface area contributed by atoms with Crippen molar-refractivity contribution < 1.29 is 14.3 Å². The quantitative estimate of drug-likeness (QED) is 0.624. The normalized spacial score (nSPS) is 16.5. The molecule has 0 saturated heterocycles. The molecule has 134 valence electrons. The van der Waals surface area contributed by atoms with Gasteiger partial charge >= 0.3 is 5.97 Å². The molecule has 0 bridgehead atoms. The number of rotatable bonds is 5. The molecule has 0 saturated carbocycles. The van der Waals surface area contributed by atoms with Crippen LogP contribution in [0.3, 0.4) is 0 Å². The second kappa shape index (κ2) is 8.01. The van der Waals surface area contributed by atoms with Crippen LogP contribution in [0, 0.1) is 0 Å². The molecule has 0 radical (unpaired) electrons. The van der Waals surface area contributed by atoms with Crippen LogP contribution in [-0.2, 0) is 16.1 Å². The van der Waals surface area contributed by atoms with E-state index in [1.807, 2.05) is 61.5 Å². The van der Waals surface area contributed by atoms with Gasteiger partial charge in [0.15, 0.2) is 5.11 Å². The predicted molar refractivity (Wildman–Crippen MR) is 104 cm³/mol. The second-order valence-corrected chi connectivity index (χ2v) is 6.32. The number of nitrogens with one attached hydrogen (secondary N) is 2. The highest BCUT2D eigenvalue weighted by Crippen LogP contribution is 2.29. The Kier molecular flexibility index (Phi) is 5.53. The van der Waals surface area contributed by atoms with Crippen molar-refractivity contribution in [3.63, 3.8) is 0 Å². The first-order chi connectivity index (χ1) is 12.6. The Balaban J connectivity index is 1.86. The molecular weight excluding hydrogens is 348 g/mol. The fourth-order valence-corrected chi connectivity index (χ4v) is 3.11. The number of methoxy groups -OCH3 is 1. The Hall–Kier alpha value is -2.86. The zero-order chi connectivity index (χ0) is 18.5. The Morgan fingerprint density at radius 1 is 1.15 bits per heavy atom. The number of hydrogen-bond donors (Lipinski definition) is 2. The molecule has 26 heavy (non-hydrogen) atoms. The van der Waals surface area contributed by atoms with Gasteiger partial charge < -0.3 is 20.1 Å². The van der Waals surface area contributed by atoms with Gasteiger partial charge in [-0.1, -0.05) is 42.5 Å². The van der Waals surface area contributed by atoms with Crippen LogP contribution in [0.25, 0.3) is 0 Å². The number of benzene rings is 2. The van der Waals surface area contributed by atoms with Crippen LogP contribution in [0.5, 0.6) is 5.75 Å². The monoisotopic (exact) mass is 368 g/mol. The van der Waals surface area contributed by atoms with Crippen LogP contribution in [-0.4, -0.2) is 18.2 Å². The van der Waals surface area contributed by atoms with Gasteiger partial charge in [0.05, 0.1) is 18.7 Å². The van der Waals surface area contributed by atoms with E-state index in [1.54, 1.807) is 7.11 Å². The lowest BCUT2D eigenvalue weighted by molar-refractivity contribution is -0.140. The molecular formula is C20H20N2O3S. The summed E-state index contributed by atoms with van der Waals surface area (Å²) < 4.78 is 10.8. The van der Waals surface area contributed by atoms with Crippen molar-refractivity contribution in [2.24, 2.45) is 0 Å². The van der Waals surface area contributed by atoms with E-state index in [9.17, 15) is 4.79 Å². The average Bonchev–Trinajstić information content (AvgIpc) is 2.66. The smallest absolute Gasteiger partial charge is 0.338 e. The fourth-order valence-electron chi connectivity index (χ4n) is 2.84. The van der Waals surface area contributed by atoms with Crippen LogP contribution in [0.1, 0.15) is 24.1 Å². The van der Waals surface area contributed by atoms with Gasteiger partial charge in [0, 0.05) is 5.70 Å². The van der Waals surface area contributed by atoms with E-state index in [-0.39, 0.29) is 12.6 Å². The maximum atomic E-state index is 12.8. The van der Waals surface area contributed by atoms with Crippen molar-refractivity contribution in [3.05, 3.63) is 77.0 Å². The first-order valence-corrected chi connectivity index (χ1v) is 8.62. The summed E-state index contributed by atoms with van der Waals surface area (Å²) in [5.41, 5.74) is 2.99. The topological polar surface area (TPSA) is 59.6 Å². The first-order valence-electron chi connectivity index (χ1n) is 8.22. The fraction of sp³-hybridized carbons (Fsp3) is 0.200. The van der Waals surface area contributed by atoms with Crippen molar-refractivity contribution >= 4 is 23.3 Å². The predicted octanol–water partition coefficient (Wildman–Crippen LogP) is 3.23. The number of carbonyl (C=O) groups is 1. The van der Waals surface area contributed by atoms with Crippen molar-refractivity contribution in [2.45, 2.75) is 19.6 Å². The first kappa shape index (κ1) is 17.9. The maximum absolute atomic E-state index is 12.8. The van der Waals surface area contributed by atoms with Gasteiger partial charge in [0.1, 0.15) is 12.4 Å². The van der Waals surface area contributed by atoms with Crippen molar-refractivity contribution in [1.82, 2.24) is 10.6 Å². The maximum Gasteiger partial charge on any atom is 0.338 e. The standard InChI is InChI=1S/C20H20N2O3S/c1-13-17(19(23)25-12-14-7-4-3-5-8-14)18(22-20(26)21-13)15-9-6-10-16(11-15)24-2/h3-11,18H,12H2,1-2H3,(H2,21,22,26). The minimum atomic E-state index is -0.401. The average molecular weight is 368 g/mol. The van der Waals surface area contributed by atoms with E-state index < -0.39 is 6.04 Å². The summed E-state index contributed by atoms with van der Waals surface area (Å²) in [5, 5.41) is 6.62. The lowest BCUT2D eigenvalue weighted by Crippen LogP contribution is -2.45. The van der Waals surface area contributed by atoms with Crippen molar-refractivity contribution in [3.8, 4) is 5.75 Å². The summed E-state index contributed by atoms with van der Waals surface area (Å²) in [6.45, 7) is 2.03. The van der Waals surface area contributed by atoms with Crippen molar-refractivity contribution in [2.75, 3.05) is 7.11 Å². The molecule has 3 rings (SSSR count). The van der Waals surface area contributed by atoms with Crippen LogP contribution >= 0.6 is 12.2 Å². The third-order valence-corrected chi connectivity index (χ3v) is 4.35. The minimum Gasteiger partial charge on any atom is -0.497 e. The highest BCUT2D eigenvalue weighted by Gasteiger charge is 2.31. The van der Waals surface area contributed by atoms with Crippen molar-refractivity contribution in [1.29, 1.82) is 0 Å². The number of esters is 1. The van der Waals surface area contributed by atoms with E-state index >= 15 is 0 Å². The Bertz CT molecular complexity index is 849. The number of thiocarbonyl (C=S) groups is 1. The SMILES string of the molecule is COc1cccc(C2NC(=S)NC(C)=C2C(=O)OCc2ccccc2)c1. The van der Waals surface area contributed by atoms with Gasteiger partial charge in [-0.3, -0.25) is 0 Å². The highest BCUT2D eigenvalue weighted by atomic mass is 32.1. The number of ether oxygens (including phenoxy) is 2. The third kappa shape index (κ3) is 4.03. The molecule has 5 nitrogen and oxygen atoms in total. The molecule has 1 unspecified atom stereocenters. The van der Waals surface area contributed by atoms with E-state index in [0.29, 0.717) is 22.1 Å². The van der Waals surface area contributed by atoms with Crippen LogP contribution < -0.4 is 15.4 Å². The van der Waals surface area contributed by atoms with Gasteiger partial charge in [0.2, 0.25) is 0 Å². The molecule has 2 aromatic rings. The molecule has 0 spiro atoms. The van der Waals surface area contributed by atoms with Gasteiger partial charge in [-0.25, -0.2) is 4.79 Å². The zero-order valence-corrected chi connectivity index (χ0v) is 15.4. The molecule has 2 aromatic carbocycles. The molecule has 6 heteroatoms. The summed E-state index contributed by atoms with van der Waals surface area (Å²) in [7, 11) is 1.61. The van der Waals surface area contributed by atoms with E-state index in [2.05, 4.69) is 10.6 Å². The molecule has 1 aliphatic heterocycles. The molecule has 2 N–H and O–H groups in total. The zero-order valence-electron chi connectivity index (χ0n) is 14.6. The third-order valence-electron chi connectivity index (χ3n) is 4.13. The van der Waals surface area contributed by atoms with Gasteiger partial charge in [-0.2, -0.15) is 0 Å². The van der Waals surface area contributed by atoms with E-state index in [4.69, 9.17) is 21.7 Å². The lowest BCUT2D eigenvalue weighted by atomic mass is 9.95. The molecule has 0 amide bonds. The van der Waals surface area contributed by atoms with Crippen LogP contribution in [0.4, 0.5) is 0 Å². The minimum absolute atomic E-state index is 0.214. The Morgan fingerprint density at radius 3 is 2.65 bits per heavy atom. The Labute approximate surface area is 158 Å². The summed E-state index contributed by atoms with van der Waals surface area (Å²) >= 11 is 5.26. The van der Waals surface area contributed by atoms with Gasteiger partial charge in [-0.15, -0.1) is 0 Å². The largest absolute Gasteiger partial charge is 0.497 e. The molecule has 1 heterocycles. The Morgan fingerprint density at radius 2 is 1.92 bits per heavy atom.